The van der Waals surface area contributed by atoms with E-state index in [0.717, 1.165) is 47.0 Å². The summed E-state index contributed by atoms with van der Waals surface area (Å²) in [6, 6.07) is 13.8. The number of para-hydroxylation sites is 1. The van der Waals surface area contributed by atoms with Crippen LogP contribution in [0, 0.1) is 0 Å². The number of benzene rings is 2. The van der Waals surface area contributed by atoms with Gasteiger partial charge in [-0.05, 0) is 44.8 Å². The maximum Gasteiger partial charge on any atom is 0.253 e. The molecule has 1 atom stereocenters. The number of aromatic amines is 1. The summed E-state index contributed by atoms with van der Waals surface area (Å²) < 4.78 is 0. The van der Waals surface area contributed by atoms with Crippen LogP contribution in [0.3, 0.4) is 0 Å². The van der Waals surface area contributed by atoms with Crippen LogP contribution in [0.5, 0.6) is 0 Å². The Kier molecular flexibility index (Phi) is 4.40. The number of carbonyl (C=O) groups is 1. The molecule has 4 aromatic rings. The predicted octanol–water partition coefficient (Wildman–Crippen LogP) is 3.14. The first-order valence-electron chi connectivity index (χ1n) is 10.1. The van der Waals surface area contributed by atoms with E-state index in [1.165, 1.54) is 0 Å². The number of rotatable bonds is 3. The van der Waals surface area contributed by atoms with E-state index in [0.29, 0.717) is 23.1 Å². The number of likely N-dealkylation sites (N-methyl/N-ethyl adjacent to an activating group) is 1. The van der Waals surface area contributed by atoms with E-state index in [2.05, 4.69) is 29.0 Å². The normalized spacial score (nSPS) is 16.8. The summed E-state index contributed by atoms with van der Waals surface area (Å²) in [5, 5.41) is 0.899. The zero-order valence-corrected chi connectivity index (χ0v) is 17.1. The number of fused-ring (bicyclic) bond motifs is 2. The highest BCUT2D eigenvalue weighted by Gasteiger charge is 2.28. The van der Waals surface area contributed by atoms with Crippen molar-refractivity contribution >= 4 is 33.5 Å². The maximum atomic E-state index is 13.0. The average Bonchev–Trinajstić information content (AvgIpc) is 3.40. The number of imidazole rings is 1. The Labute approximate surface area is 174 Å². The third-order valence-electron chi connectivity index (χ3n) is 5.98. The summed E-state index contributed by atoms with van der Waals surface area (Å²) in [5.74, 6) is 0.705. The number of likely N-dealkylation sites (tertiary alicyclic amines) is 1. The molecule has 1 amide bonds. The van der Waals surface area contributed by atoms with Gasteiger partial charge in [0.25, 0.3) is 5.91 Å². The molecule has 30 heavy (non-hydrogen) atoms. The molecule has 0 aliphatic carbocycles. The van der Waals surface area contributed by atoms with Crippen molar-refractivity contribution in [2.75, 3.05) is 32.9 Å². The molecule has 1 aliphatic rings. The van der Waals surface area contributed by atoms with Crippen LogP contribution in [0.15, 0.2) is 48.7 Å². The van der Waals surface area contributed by atoms with E-state index in [-0.39, 0.29) is 5.91 Å². The lowest BCUT2D eigenvalue weighted by Gasteiger charge is -2.20. The molecule has 3 N–H and O–H groups in total. The monoisotopic (exact) mass is 400 g/mol. The number of nitrogens with one attached hydrogen (secondary N) is 1. The molecule has 0 saturated carbocycles. The smallest absolute Gasteiger partial charge is 0.253 e. The van der Waals surface area contributed by atoms with Gasteiger partial charge in [-0.2, -0.15) is 0 Å². The van der Waals surface area contributed by atoms with Crippen LogP contribution in [0.25, 0.3) is 33.3 Å². The predicted molar refractivity (Wildman–Crippen MR) is 119 cm³/mol. The van der Waals surface area contributed by atoms with Gasteiger partial charge in [0.1, 0.15) is 5.82 Å². The molecule has 2 aromatic heterocycles. The molecule has 1 saturated heterocycles. The van der Waals surface area contributed by atoms with Crippen LogP contribution in [-0.4, -0.2) is 63.9 Å². The molecule has 0 unspecified atom stereocenters. The average molecular weight is 400 g/mol. The molecule has 0 radical (unpaired) electrons. The first-order valence-corrected chi connectivity index (χ1v) is 10.1. The minimum absolute atomic E-state index is 0.0534. The molecular weight excluding hydrogens is 376 g/mol. The van der Waals surface area contributed by atoms with Gasteiger partial charge >= 0.3 is 0 Å². The van der Waals surface area contributed by atoms with E-state index < -0.39 is 0 Å². The summed E-state index contributed by atoms with van der Waals surface area (Å²) in [4.78, 5) is 29.6. The summed E-state index contributed by atoms with van der Waals surface area (Å²) in [7, 11) is 4.12. The van der Waals surface area contributed by atoms with Gasteiger partial charge in [0.05, 0.1) is 27.8 Å². The largest absolute Gasteiger partial charge is 0.398 e. The molecular formula is C23H24N6O. The van der Waals surface area contributed by atoms with E-state index in [4.69, 9.17) is 10.7 Å². The number of hydrogen-bond acceptors (Lipinski definition) is 5. The third-order valence-corrected chi connectivity index (χ3v) is 5.98. The Morgan fingerprint density at radius 3 is 2.83 bits per heavy atom. The zero-order valence-electron chi connectivity index (χ0n) is 17.1. The quantitative estimate of drug-likeness (QED) is 0.551. The topological polar surface area (TPSA) is 91.1 Å². The summed E-state index contributed by atoms with van der Waals surface area (Å²) in [6.45, 7) is 1.54. The van der Waals surface area contributed by atoms with Gasteiger partial charge in [-0.25, -0.2) is 4.98 Å². The second-order valence-electron chi connectivity index (χ2n) is 8.08. The van der Waals surface area contributed by atoms with Crippen LogP contribution >= 0.6 is 0 Å². The number of amides is 1. The molecule has 3 heterocycles. The number of pyridine rings is 1. The number of nitrogens with two attached hydrogens (primary N) is 1. The van der Waals surface area contributed by atoms with Crippen LogP contribution in [0.2, 0.25) is 0 Å². The SMILES string of the molecule is CN(C)[C@@H]1CCN(C(=O)c2ccc3[nH]c(-c4cnc5ccccc5c4N)nc3c2)C1. The standard InChI is InChI=1S/C23H24N6O/c1-28(2)15-9-10-29(13-15)23(30)14-7-8-19-20(11-14)27-22(26-19)17-12-25-18-6-4-3-5-16(18)21(17)24/h3-8,11-12,15H,9-10,13H2,1-2H3,(H2,24,25)(H,26,27)/t15-/m1/s1. The van der Waals surface area contributed by atoms with Crippen LogP contribution in [0.4, 0.5) is 5.69 Å². The number of nitrogens with zero attached hydrogens (tertiary/aromatic N) is 4. The lowest BCUT2D eigenvalue weighted by molar-refractivity contribution is 0.0783. The summed E-state index contributed by atoms with van der Waals surface area (Å²) in [6.07, 6.45) is 2.74. The van der Waals surface area contributed by atoms with E-state index in [1.54, 1.807) is 6.20 Å². The van der Waals surface area contributed by atoms with Crippen molar-refractivity contribution in [1.82, 2.24) is 24.8 Å². The Bertz CT molecular complexity index is 1260. The first kappa shape index (κ1) is 18.6. The number of hydrogen-bond donors (Lipinski definition) is 2. The molecule has 5 rings (SSSR count). The molecule has 2 aromatic carbocycles. The van der Waals surface area contributed by atoms with Gasteiger partial charge in [0, 0.05) is 36.3 Å². The number of H-pyrrole nitrogens is 1. The Hall–Kier alpha value is -3.45. The highest BCUT2D eigenvalue weighted by Crippen LogP contribution is 2.31. The Balaban J connectivity index is 1.48. The maximum absolute atomic E-state index is 13.0. The van der Waals surface area contributed by atoms with Crippen molar-refractivity contribution in [2.45, 2.75) is 12.5 Å². The van der Waals surface area contributed by atoms with Gasteiger partial charge < -0.3 is 20.5 Å². The third kappa shape index (κ3) is 3.07. The number of anilines is 1. The number of aromatic nitrogens is 3. The fraction of sp³-hybridized carbons (Fsp3) is 0.261. The lowest BCUT2D eigenvalue weighted by atomic mass is 10.1. The molecule has 0 spiro atoms. The van der Waals surface area contributed by atoms with E-state index in [1.807, 2.05) is 47.4 Å². The van der Waals surface area contributed by atoms with Gasteiger partial charge in [-0.1, -0.05) is 18.2 Å². The zero-order chi connectivity index (χ0) is 20.8. The van der Waals surface area contributed by atoms with Crippen molar-refractivity contribution in [1.29, 1.82) is 0 Å². The first-order chi connectivity index (χ1) is 14.5. The summed E-state index contributed by atoms with van der Waals surface area (Å²) in [5.41, 5.74) is 10.9. The molecule has 1 aliphatic heterocycles. The second kappa shape index (κ2) is 7.11. The Morgan fingerprint density at radius 2 is 2.03 bits per heavy atom. The Morgan fingerprint density at radius 1 is 1.20 bits per heavy atom. The van der Waals surface area contributed by atoms with Crippen molar-refractivity contribution in [3.8, 4) is 11.4 Å². The van der Waals surface area contributed by atoms with Crippen molar-refractivity contribution < 1.29 is 4.79 Å². The number of carbonyl (C=O) groups excluding carboxylic acids is 1. The van der Waals surface area contributed by atoms with Crippen molar-refractivity contribution in [3.05, 3.63) is 54.2 Å². The van der Waals surface area contributed by atoms with Crippen LogP contribution in [-0.2, 0) is 0 Å². The fourth-order valence-corrected chi connectivity index (χ4v) is 4.15. The fourth-order valence-electron chi connectivity index (χ4n) is 4.15. The molecule has 152 valence electrons. The van der Waals surface area contributed by atoms with Gasteiger partial charge in [0.2, 0.25) is 0 Å². The minimum Gasteiger partial charge on any atom is -0.398 e. The molecule has 7 heteroatoms. The minimum atomic E-state index is 0.0534. The van der Waals surface area contributed by atoms with Gasteiger partial charge in [-0.15, -0.1) is 0 Å². The van der Waals surface area contributed by atoms with Gasteiger partial charge in [-0.3, -0.25) is 9.78 Å². The van der Waals surface area contributed by atoms with E-state index in [9.17, 15) is 4.79 Å². The molecule has 7 nitrogen and oxygen atoms in total. The van der Waals surface area contributed by atoms with Gasteiger partial charge in [0.15, 0.2) is 0 Å². The lowest BCUT2D eigenvalue weighted by Crippen LogP contribution is -2.34. The highest BCUT2D eigenvalue weighted by atomic mass is 16.2. The van der Waals surface area contributed by atoms with Crippen molar-refractivity contribution in [2.24, 2.45) is 0 Å². The van der Waals surface area contributed by atoms with Crippen LogP contribution in [0.1, 0.15) is 16.8 Å². The van der Waals surface area contributed by atoms with E-state index >= 15 is 0 Å². The van der Waals surface area contributed by atoms with Crippen LogP contribution < -0.4 is 5.73 Å². The highest BCUT2D eigenvalue weighted by molar-refractivity contribution is 6.00. The number of nitrogen functional groups attached to an aromatic ring is 1. The summed E-state index contributed by atoms with van der Waals surface area (Å²) >= 11 is 0. The molecule has 1 fully saturated rings. The molecule has 0 bridgehead atoms. The second-order valence-corrected chi connectivity index (χ2v) is 8.08. The van der Waals surface area contributed by atoms with Crippen molar-refractivity contribution in [3.63, 3.8) is 0 Å².